The predicted octanol–water partition coefficient (Wildman–Crippen LogP) is 8.55. The van der Waals surface area contributed by atoms with Gasteiger partial charge in [-0.2, -0.15) is 0 Å². The lowest BCUT2D eigenvalue weighted by Crippen LogP contribution is -2.33. The molecule has 0 saturated carbocycles. The zero-order chi connectivity index (χ0) is 57.3. The van der Waals surface area contributed by atoms with Crippen LogP contribution in [0.15, 0.2) is 30.3 Å². The van der Waals surface area contributed by atoms with Crippen LogP contribution in [-0.4, -0.2) is 130 Å². The molecule has 2 rings (SSSR count). The van der Waals surface area contributed by atoms with E-state index in [9.17, 15) is 4.79 Å². The third-order valence-electron chi connectivity index (χ3n) is 5.42. The summed E-state index contributed by atoms with van der Waals surface area (Å²) in [5, 5.41) is 8.06. The Bertz CT molecular complexity index is 730. The second kappa shape index (κ2) is 187. The molecule has 68 heavy (non-hydrogen) atoms. The van der Waals surface area contributed by atoms with E-state index in [4.69, 9.17) is 48.2 Å². The molecule has 1 aliphatic heterocycles. The first-order chi connectivity index (χ1) is 31.1. The Morgan fingerprint density at radius 3 is 0.912 bits per heavy atom. The molecule has 0 spiro atoms. The van der Waals surface area contributed by atoms with Crippen molar-refractivity contribution in [3.63, 3.8) is 0 Å². The number of rotatable bonds is 5. The first-order valence-electron chi connectivity index (χ1n) is 21.3. The van der Waals surface area contributed by atoms with Crippen molar-refractivity contribution in [2.24, 2.45) is 34.8 Å². The molecule has 1 aromatic rings. The Kier molecular flexibility index (Phi) is 361. The summed E-state index contributed by atoms with van der Waals surface area (Å²) in [6.45, 7) is 51.7. The highest BCUT2D eigenvalue weighted by molar-refractivity contribution is 5.73. The average molecular weight is 1000 g/mol. The number of hydrogen-bond acceptors (Lipinski definition) is 18. The molecular weight excluding hydrogens is 877 g/mol. The van der Waals surface area contributed by atoms with E-state index >= 15 is 0 Å². The molecule has 19 nitrogen and oxygen atoms in total. The second-order valence-electron chi connectivity index (χ2n) is 12.1. The van der Waals surface area contributed by atoms with Gasteiger partial charge >= 0.3 is 0 Å². The van der Waals surface area contributed by atoms with Gasteiger partial charge in [0.15, 0.2) is 0 Å². The molecule has 1 aromatic carbocycles. The van der Waals surface area contributed by atoms with Crippen molar-refractivity contribution in [3.05, 3.63) is 35.9 Å². The number of benzene rings is 1. The highest BCUT2D eigenvalue weighted by atomic mass is 16.5. The van der Waals surface area contributed by atoms with Crippen LogP contribution in [0.4, 0.5) is 0 Å². The van der Waals surface area contributed by atoms with Crippen molar-refractivity contribution >= 4 is 60.2 Å². The first-order valence-corrected chi connectivity index (χ1v) is 21.3. The van der Waals surface area contributed by atoms with Gasteiger partial charge in [-0.05, 0) is 112 Å². The van der Waals surface area contributed by atoms with E-state index in [-0.39, 0.29) is 37.5 Å². The molecule has 0 unspecified atom stereocenters. The van der Waals surface area contributed by atoms with E-state index in [0.717, 1.165) is 44.4 Å². The van der Waals surface area contributed by atoms with E-state index in [1.54, 1.807) is 20.8 Å². The Morgan fingerprint density at radius 1 is 0.588 bits per heavy atom. The number of aliphatic hydroxyl groups is 1. The highest BCUT2D eigenvalue weighted by Gasteiger charge is 2.11. The molecule has 0 bridgehead atoms. The minimum atomic E-state index is -0.167. The number of likely N-dealkylation sites (tertiary alicyclic amines) is 1. The van der Waals surface area contributed by atoms with Crippen molar-refractivity contribution < 1.29 is 54.4 Å². The van der Waals surface area contributed by atoms with Crippen LogP contribution in [0.1, 0.15) is 156 Å². The molecule has 0 aromatic heterocycles. The highest BCUT2D eigenvalue weighted by Crippen LogP contribution is 2.08. The molecular formula is C49H124N8O11. The quantitative estimate of drug-likeness (QED) is 0.137. The fourth-order valence-electron chi connectivity index (χ4n) is 2.33. The SMILES string of the molecule is C=O.C=O.C=O.C=O.C=O.C=O.C=O.C=O.CC.CC(=O)N1CCCCC1.CC(C)O.CCC(C)C.CCC(C)C.CCCOC(C)(C)C.CCc1ccccc1.CN.CN.CN.CN.N.N.N.[HH]. The van der Waals surface area contributed by atoms with Gasteiger partial charge in [0.25, 0.3) is 0 Å². The summed E-state index contributed by atoms with van der Waals surface area (Å²) >= 11 is 0. The minimum Gasteiger partial charge on any atom is -0.394 e. The molecule has 426 valence electrons. The van der Waals surface area contributed by atoms with Crippen LogP contribution in [0.5, 0.6) is 0 Å². The maximum atomic E-state index is 10.7. The molecule has 1 aliphatic rings. The summed E-state index contributed by atoms with van der Waals surface area (Å²) in [4.78, 5) is 76.6. The summed E-state index contributed by atoms with van der Waals surface area (Å²) < 4.78 is 5.38. The molecule has 0 atom stereocenters. The largest absolute Gasteiger partial charge is 0.394 e. The molecule has 18 N–H and O–H groups in total. The molecule has 0 radical (unpaired) electrons. The van der Waals surface area contributed by atoms with Crippen LogP contribution in [0.3, 0.4) is 0 Å². The number of amides is 1. The second-order valence-corrected chi connectivity index (χ2v) is 12.1. The topological polar surface area (TPSA) is 395 Å². The number of carbonyl (C=O) groups is 9. The van der Waals surface area contributed by atoms with Crippen molar-refractivity contribution in [3.8, 4) is 0 Å². The van der Waals surface area contributed by atoms with E-state index in [1.165, 1.54) is 65.9 Å². The number of nitrogens with two attached hydrogens (primary N) is 4. The van der Waals surface area contributed by atoms with Crippen LogP contribution >= 0.6 is 0 Å². The molecule has 0 aliphatic carbocycles. The van der Waals surface area contributed by atoms with E-state index in [1.807, 2.05) is 79.1 Å². The maximum absolute atomic E-state index is 10.7. The lowest BCUT2D eigenvalue weighted by atomic mass is 10.1. The number of aryl methyl sites for hydroxylation is 1. The standard InChI is InChI=1S/C8H10.C7H13NO.C7H16O.2C5H12.C3H8O.C2H6.4CH5N.8CH2O.3H3N.H2/c1-2-8-6-4-3-5-7-8;1-7(9)8-5-3-2-4-6-8;1-5-6-8-7(2,3)4;2*1-4-5(2)3;1-3(2)4;13*1-2;;;;/h3-7H,2H2,1H3;2-6H2,1H3;5-6H2,1-4H3;2*5H,4H2,1-3H3;3-4H,1-2H3;1-2H3;4*2H2,1H3;8*1H2;3*1H3;1H. The first kappa shape index (κ1) is 131. The fraction of sp³-hybridized carbons (Fsp3) is 0.694. The molecule has 1 heterocycles. The molecule has 19 heteroatoms. The predicted molar refractivity (Wildman–Crippen MR) is 301 cm³/mol. The van der Waals surface area contributed by atoms with Crippen molar-refractivity contribution in [2.45, 2.75) is 167 Å². The monoisotopic (exact) mass is 1000 g/mol. The summed E-state index contributed by atoms with van der Waals surface area (Å²) in [7, 11) is 6.00. The smallest absolute Gasteiger partial charge is 0.219 e. The lowest BCUT2D eigenvalue weighted by Gasteiger charge is -2.24. The van der Waals surface area contributed by atoms with Crippen molar-refractivity contribution in [2.75, 3.05) is 47.9 Å². The summed E-state index contributed by atoms with van der Waals surface area (Å²) in [5.74, 6) is 2.00. The summed E-state index contributed by atoms with van der Waals surface area (Å²) in [6.07, 6.45) is 8.38. The van der Waals surface area contributed by atoms with Gasteiger partial charge in [0.2, 0.25) is 5.91 Å². The Labute approximate surface area is 423 Å². The molecule has 1 amide bonds. The number of ether oxygens (including phenoxy) is 1. The van der Waals surface area contributed by atoms with Crippen LogP contribution in [0.2, 0.25) is 0 Å². The van der Waals surface area contributed by atoms with Gasteiger partial charge < -0.3 is 94.5 Å². The van der Waals surface area contributed by atoms with Gasteiger partial charge in [-0.1, -0.05) is 112 Å². The lowest BCUT2D eigenvalue weighted by molar-refractivity contribution is -0.129. The number of aliphatic hydroxyl groups excluding tert-OH is 1. The van der Waals surface area contributed by atoms with Crippen LogP contribution < -0.4 is 41.4 Å². The van der Waals surface area contributed by atoms with Crippen LogP contribution in [-0.2, 0) is 54.3 Å². The van der Waals surface area contributed by atoms with E-state index in [0.29, 0.717) is 0 Å². The normalized spacial score (nSPS) is 7.97. The van der Waals surface area contributed by atoms with Gasteiger partial charge in [-0.3, -0.25) is 4.79 Å². The van der Waals surface area contributed by atoms with E-state index < -0.39 is 0 Å². The number of piperidine rings is 1. The number of carbonyl (C=O) groups excluding carboxylic acids is 9. The van der Waals surface area contributed by atoms with Gasteiger partial charge in [0, 0.05) is 34.2 Å². The Hall–Kier alpha value is -4.31. The maximum Gasteiger partial charge on any atom is 0.219 e. The summed E-state index contributed by atoms with van der Waals surface area (Å²) in [5.41, 5.74) is 19.5. The van der Waals surface area contributed by atoms with Crippen LogP contribution in [0.25, 0.3) is 0 Å². The van der Waals surface area contributed by atoms with Gasteiger partial charge in [-0.15, -0.1) is 0 Å². The Balaban J connectivity index is -0.0000000192. The molecule has 1 fully saturated rings. The van der Waals surface area contributed by atoms with Gasteiger partial charge in [-0.25, -0.2) is 0 Å². The van der Waals surface area contributed by atoms with Crippen molar-refractivity contribution in [1.29, 1.82) is 0 Å². The number of hydrogen-bond donors (Lipinski definition) is 8. The fourth-order valence-corrected chi connectivity index (χ4v) is 2.33. The van der Waals surface area contributed by atoms with Crippen LogP contribution in [0, 0.1) is 11.8 Å². The summed E-state index contributed by atoms with van der Waals surface area (Å²) in [6, 6.07) is 10.5. The number of nitrogens with zero attached hydrogens (tertiary/aromatic N) is 1. The zero-order valence-electron chi connectivity index (χ0n) is 48.3. The van der Waals surface area contributed by atoms with E-state index in [2.05, 4.69) is 123 Å². The molecule has 1 saturated heterocycles. The zero-order valence-corrected chi connectivity index (χ0v) is 48.3. The Morgan fingerprint density at radius 2 is 0.809 bits per heavy atom. The third kappa shape index (κ3) is 319. The third-order valence-corrected chi connectivity index (χ3v) is 5.42. The van der Waals surface area contributed by atoms with Gasteiger partial charge in [0.05, 0.1) is 5.60 Å². The van der Waals surface area contributed by atoms with Crippen molar-refractivity contribution in [1.82, 2.24) is 23.4 Å². The minimum absolute atomic E-state index is 0. The van der Waals surface area contributed by atoms with Gasteiger partial charge in [0.1, 0.15) is 54.3 Å². The average Bonchev–Trinajstić information content (AvgIpc) is 3.39.